The summed E-state index contributed by atoms with van der Waals surface area (Å²) in [5.41, 5.74) is 5.92. The van der Waals surface area contributed by atoms with Crippen LogP contribution in [0.15, 0.2) is 0 Å². The molecular formula is C14H28N2O2. The minimum Gasteiger partial charge on any atom is -0.381 e. The predicted molar refractivity (Wildman–Crippen MR) is 73.3 cm³/mol. The van der Waals surface area contributed by atoms with Crippen LogP contribution in [0, 0.1) is 5.92 Å². The summed E-state index contributed by atoms with van der Waals surface area (Å²) in [7, 11) is 0. The molecule has 1 aliphatic carbocycles. The molecular weight excluding hydrogens is 228 g/mol. The molecule has 0 heterocycles. The molecule has 1 fully saturated rings. The SMILES string of the molecule is CCCOCCCNC(=O)CC1CCCC(N)C1. The quantitative estimate of drug-likeness (QED) is 0.651. The highest BCUT2D eigenvalue weighted by molar-refractivity contribution is 5.76. The van der Waals surface area contributed by atoms with Crippen molar-refractivity contribution in [3.63, 3.8) is 0 Å². The third-order valence-electron chi connectivity index (χ3n) is 3.43. The van der Waals surface area contributed by atoms with Gasteiger partial charge in [-0.25, -0.2) is 0 Å². The van der Waals surface area contributed by atoms with Gasteiger partial charge in [0.1, 0.15) is 0 Å². The Morgan fingerprint density at radius 1 is 1.39 bits per heavy atom. The fraction of sp³-hybridized carbons (Fsp3) is 0.929. The Labute approximate surface area is 111 Å². The molecule has 2 atom stereocenters. The van der Waals surface area contributed by atoms with E-state index in [9.17, 15) is 4.79 Å². The highest BCUT2D eigenvalue weighted by Gasteiger charge is 2.21. The molecule has 0 aromatic heterocycles. The molecule has 4 heteroatoms. The molecule has 0 aromatic rings. The van der Waals surface area contributed by atoms with Crippen molar-refractivity contribution in [1.82, 2.24) is 5.32 Å². The van der Waals surface area contributed by atoms with Crippen LogP contribution in [0.4, 0.5) is 0 Å². The Bertz CT molecular complexity index is 234. The summed E-state index contributed by atoms with van der Waals surface area (Å²) in [5.74, 6) is 0.662. The van der Waals surface area contributed by atoms with Crippen molar-refractivity contribution in [1.29, 1.82) is 0 Å². The van der Waals surface area contributed by atoms with Crippen LogP contribution in [-0.2, 0) is 9.53 Å². The average Bonchev–Trinajstić information content (AvgIpc) is 2.33. The van der Waals surface area contributed by atoms with Gasteiger partial charge in [-0.2, -0.15) is 0 Å². The third-order valence-corrected chi connectivity index (χ3v) is 3.43. The Morgan fingerprint density at radius 2 is 2.22 bits per heavy atom. The number of rotatable bonds is 8. The third kappa shape index (κ3) is 6.97. The largest absolute Gasteiger partial charge is 0.381 e. The van der Waals surface area contributed by atoms with Gasteiger partial charge in [-0.05, 0) is 38.0 Å². The fourth-order valence-corrected chi connectivity index (χ4v) is 2.50. The van der Waals surface area contributed by atoms with Crippen molar-refractivity contribution in [2.24, 2.45) is 11.7 Å². The standard InChI is InChI=1S/C14H28N2O2/c1-2-8-18-9-4-7-16-14(17)11-12-5-3-6-13(15)10-12/h12-13H,2-11,15H2,1H3,(H,16,17). The van der Waals surface area contributed by atoms with Gasteiger partial charge in [0.25, 0.3) is 0 Å². The van der Waals surface area contributed by atoms with E-state index < -0.39 is 0 Å². The highest BCUT2D eigenvalue weighted by atomic mass is 16.5. The van der Waals surface area contributed by atoms with Gasteiger partial charge >= 0.3 is 0 Å². The second kappa shape index (κ2) is 9.34. The lowest BCUT2D eigenvalue weighted by Crippen LogP contribution is -2.32. The Hall–Kier alpha value is -0.610. The fourth-order valence-electron chi connectivity index (χ4n) is 2.50. The zero-order chi connectivity index (χ0) is 13.2. The lowest BCUT2D eigenvalue weighted by molar-refractivity contribution is -0.122. The molecule has 1 amide bonds. The zero-order valence-corrected chi connectivity index (χ0v) is 11.6. The van der Waals surface area contributed by atoms with Gasteiger partial charge in [0.05, 0.1) is 0 Å². The first kappa shape index (κ1) is 15.4. The maximum atomic E-state index is 11.7. The van der Waals surface area contributed by atoms with Crippen molar-refractivity contribution >= 4 is 5.91 Å². The summed E-state index contributed by atoms with van der Waals surface area (Å²) >= 11 is 0. The van der Waals surface area contributed by atoms with Crippen molar-refractivity contribution in [2.45, 2.75) is 57.9 Å². The van der Waals surface area contributed by atoms with Crippen LogP contribution < -0.4 is 11.1 Å². The molecule has 2 unspecified atom stereocenters. The van der Waals surface area contributed by atoms with Gasteiger partial charge in [0.2, 0.25) is 5.91 Å². The normalized spacial score (nSPS) is 23.9. The van der Waals surface area contributed by atoms with E-state index in [-0.39, 0.29) is 5.91 Å². The van der Waals surface area contributed by atoms with E-state index in [0.717, 1.165) is 51.9 Å². The lowest BCUT2D eigenvalue weighted by atomic mass is 9.84. The topological polar surface area (TPSA) is 64.3 Å². The first-order chi connectivity index (χ1) is 8.72. The van der Waals surface area contributed by atoms with E-state index in [1.807, 2.05) is 0 Å². The van der Waals surface area contributed by atoms with Crippen molar-refractivity contribution in [2.75, 3.05) is 19.8 Å². The predicted octanol–water partition coefficient (Wildman–Crippen LogP) is 1.83. The van der Waals surface area contributed by atoms with E-state index in [2.05, 4.69) is 12.2 Å². The molecule has 0 aliphatic heterocycles. The average molecular weight is 256 g/mol. The number of hydrogen-bond donors (Lipinski definition) is 2. The molecule has 1 aliphatic rings. The van der Waals surface area contributed by atoms with E-state index in [4.69, 9.17) is 10.5 Å². The van der Waals surface area contributed by atoms with E-state index >= 15 is 0 Å². The van der Waals surface area contributed by atoms with Crippen LogP contribution in [0.25, 0.3) is 0 Å². The van der Waals surface area contributed by atoms with Crippen LogP contribution in [-0.4, -0.2) is 31.7 Å². The van der Waals surface area contributed by atoms with Crippen LogP contribution in [0.5, 0.6) is 0 Å². The van der Waals surface area contributed by atoms with Crippen LogP contribution >= 0.6 is 0 Å². The van der Waals surface area contributed by atoms with Crippen molar-refractivity contribution in [3.05, 3.63) is 0 Å². The summed E-state index contributed by atoms with van der Waals surface area (Å²) in [4.78, 5) is 11.7. The van der Waals surface area contributed by atoms with Crippen LogP contribution in [0.2, 0.25) is 0 Å². The molecule has 1 saturated carbocycles. The molecule has 0 saturated heterocycles. The first-order valence-corrected chi connectivity index (χ1v) is 7.32. The summed E-state index contributed by atoms with van der Waals surface area (Å²) in [6.45, 7) is 4.37. The number of nitrogens with one attached hydrogen (secondary N) is 1. The molecule has 4 nitrogen and oxygen atoms in total. The number of carbonyl (C=O) groups excluding carboxylic acids is 1. The first-order valence-electron chi connectivity index (χ1n) is 7.32. The number of hydrogen-bond acceptors (Lipinski definition) is 3. The van der Waals surface area contributed by atoms with Gasteiger partial charge < -0.3 is 15.8 Å². The molecule has 0 bridgehead atoms. The zero-order valence-electron chi connectivity index (χ0n) is 11.6. The van der Waals surface area contributed by atoms with Crippen LogP contribution in [0.3, 0.4) is 0 Å². The molecule has 0 aromatic carbocycles. The number of amides is 1. The maximum Gasteiger partial charge on any atom is 0.220 e. The number of ether oxygens (including phenoxy) is 1. The molecule has 3 N–H and O–H groups in total. The number of nitrogens with two attached hydrogens (primary N) is 1. The van der Waals surface area contributed by atoms with Gasteiger partial charge in [0, 0.05) is 32.2 Å². The summed E-state index contributed by atoms with van der Waals surface area (Å²) in [6.07, 6.45) is 7.04. The Kier molecular flexibility index (Phi) is 8.01. The minimum atomic E-state index is 0.171. The monoisotopic (exact) mass is 256 g/mol. The van der Waals surface area contributed by atoms with Crippen molar-refractivity contribution in [3.8, 4) is 0 Å². The summed E-state index contributed by atoms with van der Waals surface area (Å²) in [6, 6.07) is 0.305. The Balaban J connectivity index is 1.99. The van der Waals surface area contributed by atoms with Crippen molar-refractivity contribution < 1.29 is 9.53 Å². The molecule has 18 heavy (non-hydrogen) atoms. The van der Waals surface area contributed by atoms with Gasteiger partial charge in [0.15, 0.2) is 0 Å². The van der Waals surface area contributed by atoms with E-state index in [1.54, 1.807) is 0 Å². The number of carbonyl (C=O) groups is 1. The summed E-state index contributed by atoms with van der Waals surface area (Å²) < 4.78 is 5.36. The second-order valence-electron chi connectivity index (χ2n) is 5.31. The molecule has 106 valence electrons. The summed E-state index contributed by atoms with van der Waals surface area (Å²) in [5, 5.41) is 2.96. The molecule has 1 rings (SSSR count). The van der Waals surface area contributed by atoms with Gasteiger partial charge in [-0.3, -0.25) is 4.79 Å². The van der Waals surface area contributed by atoms with E-state index in [1.165, 1.54) is 6.42 Å². The second-order valence-corrected chi connectivity index (χ2v) is 5.31. The van der Waals surface area contributed by atoms with Gasteiger partial charge in [-0.1, -0.05) is 13.3 Å². The smallest absolute Gasteiger partial charge is 0.220 e. The molecule has 0 radical (unpaired) electrons. The molecule has 0 spiro atoms. The highest BCUT2D eigenvalue weighted by Crippen LogP contribution is 2.25. The maximum absolute atomic E-state index is 11.7. The minimum absolute atomic E-state index is 0.171. The van der Waals surface area contributed by atoms with Crippen LogP contribution in [0.1, 0.15) is 51.9 Å². The van der Waals surface area contributed by atoms with Gasteiger partial charge in [-0.15, -0.1) is 0 Å². The van der Waals surface area contributed by atoms with E-state index in [0.29, 0.717) is 18.4 Å². The Morgan fingerprint density at radius 3 is 2.94 bits per heavy atom. The lowest BCUT2D eigenvalue weighted by Gasteiger charge is -2.26.